The van der Waals surface area contributed by atoms with Crippen LogP contribution < -0.4 is 14.8 Å². The predicted octanol–water partition coefficient (Wildman–Crippen LogP) is 2.54. The number of para-hydroxylation sites is 2. The SMILES string of the molecule is O=C(CCCn1cccc1)Nc1n[nH]c([C@@H]2COc3ccccc3O2)n1. The molecule has 0 saturated heterocycles. The first-order valence-electron chi connectivity index (χ1n) is 8.49. The number of fused-ring (bicyclic) bond motifs is 1. The monoisotopic (exact) mass is 353 g/mol. The zero-order valence-corrected chi connectivity index (χ0v) is 14.1. The summed E-state index contributed by atoms with van der Waals surface area (Å²) >= 11 is 0. The largest absolute Gasteiger partial charge is 0.485 e. The fourth-order valence-corrected chi connectivity index (χ4v) is 2.76. The van der Waals surface area contributed by atoms with Crippen LogP contribution in [-0.2, 0) is 11.3 Å². The zero-order chi connectivity index (χ0) is 17.8. The van der Waals surface area contributed by atoms with Crippen molar-refractivity contribution in [2.24, 2.45) is 0 Å². The average molecular weight is 353 g/mol. The molecule has 4 rings (SSSR count). The highest BCUT2D eigenvalue weighted by molar-refractivity contribution is 5.88. The molecule has 1 atom stereocenters. The van der Waals surface area contributed by atoms with Crippen LogP contribution >= 0.6 is 0 Å². The summed E-state index contributed by atoms with van der Waals surface area (Å²) in [6.45, 7) is 1.13. The molecule has 134 valence electrons. The maximum absolute atomic E-state index is 12.0. The number of aromatic amines is 1. The number of ether oxygens (including phenoxy) is 2. The Kier molecular flexibility index (Phi) is 4.55. The van der Waals surface area contributed by atoms with Gasteiger partial charge in [0.25, 0.3) is 0 Å². The molecule has 0 saturated carbocycles. The Morgan fingerprint density at radius 3 is 2.88 bits per heavy atom. The maximum Gasteiger partial charge on any atom is 0.248 e. The van der Waals surface area contributed by atoms with Gasteiger partial charge in [-0.05, 0) is 30.7 Å². The minimum Gasteiger partial charge on any atom is -0.485 e. The Labute approximate surface area is 150 Å². The number of aryl methyl sites for hydroxylation is 1. The van der Waals surface area contributed by atoms with Gasteiger partial charge in [0.15, 0.2) is 23.4 Å². The second kappa shape index (κ2) is 7.30. The molecule has 1 aliphatic heterocycles. The highest BCUT2D eigenvalue weighted by Gasteiger charge is 2.25. The van der Waals surface area contributed by atoms with Crippen LogP contribution in [0.3, 0.4) is 0 Å². The third-order valence-electron chi connectivity index (χ3n) is 4.05. The summed E-state index contributed by atoms with van der Waals surface area (Å²) in [6, 6.07) is 11.4. The van der Waals surface area contributed by atoms with Crippen molar-refractivity contribution in [3.63, 3.8) is 0 Å². The van der Waals surface area contributed by atoms with Crippen LogP contribution in [0.25, 0.3) is 0 Å². The van der Waals surface area contributed by atoms with Crippen LogP contribution in [0.5, 0.6) is 11.5 Å². The van der Waals surface area contributed by atoms with E-state index < -0.39 is 6.10 Å². The lowest BCUT2D eigenvalue weighted by Gasteiger charge is -2.24. The number of rotatable bonds is 6. The topological polar surface area (TPSA) is 94.1 Å². The lowest BCUT2D eigenvalue weighted by molar-refractivity contribution is -0.116. The fourth-order valence-electron chi connectivity index (χ4n) is 2.76. The Hall–Kier alpha value is -3.29. The first-order valence-corrected chi connectivity index (χ1v) is 8.49. The van der Waals surface area contributed by atoms with E-state index in [1.165, 1.54) is 0 Å². The number of aromatic nitrogens is 4. The van der Waals surface area contributed by atoms with E-state index in [0.29, 0.717) is 30.4 Å². The molecule has 1 aromatic carbocycles. The van der Waals surface area contributed by atoms with E-state index in [-0.39, 0.29) is 11.9 Å². The summed E-state index contributed by atoms with van der Waals surface area (Å²) in [5.74, 6) is 2.01. The van der Waals surface area contributed by atoms with Crippen molar-refractivity contribution in [3.8, 4) is 11.5 Å². The van der Waals surface area contributed by atoms with Gasteiger partial charge in [-0.1, -0.05) is 12.1 Å². The van der Waals surface area contributed by atoms with Gasteiger partial charge in [0.05, 0.1) is 0 Å². The van der Waals surface area contributed by atoms with Crippen molar-refractivity contribution in [3.05, 3.63) is 54.6 Å². The minimum atomic E-state index is -0.392. The standard InChI is InChI=1S/C18H19N5O3/c24-16(8-5-11-23-9-3-4-10-23)19-18-20-17(21-22-18)15-12-25-13-6-1-2-7-14(13)26-15/h1-4,6-7,9-10,15H,5,8,11-12H2,(H2,19,20,21,22,24)/t15-/m0/s1. The highest BCUT2D eigenvalue weighted by atomic mass is 16.6. The van der Waals surface area contributed by atoms with Gasteiger partial charge in [-0.3, -0.25) is 15.2 Å². The number of H-pyrrole nitrogens is 1. The smallest absolute Gasteiger partial charge is 0.248 e. The van der Waals surface area contributed by atoms with E-state index in [1.807, 2.05) is 53.4 Å². The van der Waals surface area contributed by atoms with Gasteiger partial charge in [-0.25, -0.2) is 0 Å². The molecule has 3 aromatic rings. The van der Waals surface area contributed by atoms with Gasteiger partial charge in [0, 0.05) is 25.4 Å². The molecule has 26 heavy (non-hydrogen) atoms. The molecule has 2 N–H and O–H groups in total. The molecule has 0 aliphatic carbocycles. The zero-order valence-electron chi connectivity index (χ0n) is 14.1. The summed E-state index contributed by atoms with van der Waals surface area (Å²) in [7, 11) is 0. The summed E-state index contributed by atoms with van der Waals surface area (Å²) in [4.78, 5) is 16.3. The second-order valence-corrected chi connectivity index (χ2v) is 5.98. The molecule has 8 heteroatoms. The maximum atomic E-state index is 12.0. The van der Waals surface area contributed by atoms with Crippen molar-refractivity contribution in [2.75, 3.05) is 11.9 Å². The molecule has 2 aromatic heterocycles. The van der Waals surface area contributed by atoms with Crippen LogP contribution in [0.1, 0.15) is 24.8 Å². The molecule has 0 radical (unpaired) electrons. The molecule has 0 spiro atoms. The average Bonchev–Trinajstić information content (AvgIpc) is 3.33. The molecule has 0 bridgehead atoms. The molecular weight excluding hydrogens is 334 g/mol. The van der Waals surface area contributed by atoms with E-state index in [2.05, 4.69) is 20.5 Å². The van der Waals surface area contributed by atoms with E-state index in [1.54, 1.807) is 0 Å². The van der Waals surface area contributed by atoms with Crippen LogP contribution in [0.4, 0.5) is 5.95 Å². The molecule has 8 nitrogen and oxygen atoms in total. The Morgan fingerprint density at radius 2 is 2.04 bits per heavy atom. The second-order valence-electron chi connectivity index (χ2n) is 5.98. The summed E-state index contributed by atoms with van der Waals surface area (Å²) in [5, 5.41) is 9.54. The van der Waals surface area contributed by atoms with E-state index >= 15 is 0 Å². The summed E-state index contributed by atoms with van der Waals surface area (Å²) in [5.41, 5.74) is 0. The van der Waals surface area contributed by atoms with Crippen LogP contribution in [0.15, 0.2) is 48.8 Å². The van der Waals surface area contributed by atoms with Crippen LogP contribution in [0.2, 0.25) is 0 Å². The number of anilines is 1. The first-order chi connectivity index (χ1) is 12.8. The van der Waals surface area contributed by atoms with E-state index in [4.69, 9.17) is 9.47 Å². The van der Waals surface area contributed by atoms with E-state index in [0.717, 1.165) is 13.0 Å². The van der Waals surface area contributed by atoms with Gasteiger partial charge in [-0.2, -0.15) is 4.98 Å². The lowest BCUT2D eigenvalue weighted by atomic mass is 10.2. The third-order valence-corrected chi connectivity index (χ3v) is 4.05. The van der Waals surface area contributed by atoms with Crippen molar-refractivity contribution < 1.29 is 14.3 Å². The van der Waals surface area contributed by atoms with Gasteiger partial charge < -0.3 is 14.0 Å². The molecule has 0 fully saturated rings. The fraction of sp³-hybridized carbons (Fsp3) is 0.278. The van der Waals surface area contributed by atoms with Gasteiger partial charge >= 0.3 is 0 Å². The van der Waals surface area contributed by atoms with Gasteiger partial charge in [0.2, 0.25) is 11.9 Å². The molecule has 1 amide bonds. The number of nitrogens with zero attached hydrogens (tertiary/aromatic N) is 3. The quantitative estimate of drug-likeness (QED) is 0.710. The van der Waals surface area contributed by atoms with Crippen molar-refractivity contribution >= 4 is 11.9 Å². The van der Waals surface area contributed by atoms with Gasteiger partial charge in [-0.15, -0.1) is 5.10 Å². The number of carbonyl (C=O) groups excluding carboxylic acids is 1. The number of benzene rings is 1. The molecular formula is C18H19N5O3. The van der Waals surface area contributed by atoms with Gasteiger partial charge in [0.1, 0.15) is 6.61 Å². The molecule has 1 aliphatic rings. The number of hydrogen-bond acceptors (Lipinski definition) is 5. The van der Waals surface area contributed by atoms with E-state index in [9.17, 15) is 4.79 Å². The summed E-state index contributed by atoms with van der Waals surface area (Å²) < 4.78 is 13.6. The minimum absolute atomic E-state index is 0.117. The lowest BCUT2D eigenvalue weighted by Crippen LogP contribution is -2.22. The predicted molar refractivity (Wildman–Crippen MR) is 94.0 cm³/mol. The molecule has 3 heterocycles. The van der Waals surface area contributed by atoms with Crippen molar-refractivity contribution in [1.82, 2.24) is 19.7 Å². The Bertz CT molecular complexity index is 875. The van der Waals surface area contributed by atoms with Crippen molar-refractivity contribution in [1.29, 1.82) is 0 Å². The highest BCUT2D eigenvalue weighted by Crippen LogP contribution is 2.35. The first kappa shape index (κ1) is 16.2. The number of nitrogens with one attached hydrogen (secondary N) is 2. The Morgan fingerprint density at radius 1 is 1.23 bits per heavy atom. The third kappa shape index (κ3) is 3.69. The van der Waals surface area contributed by atoms with Crippen molar-refractivity contribution in [2.45, 2.75) is 25.5 Å². The number of carbonyl (C=O) groups is 1. The number of amides is 1. The normalized spacial score (nSPS) is 15.6. The van der Waals surface area contributed by atoms with Crippen LogP contribution in [-0.4, -0.2) is 32.3 Å². The van der Waals surface area contributed by atoms with Crippen LogP contribution in [0, 0.1) is 0 Å². The Balaban J connectivity index is 1.30. The molecule has 0 unspecified atom stereocenters. The summed E-state index contributed by atoms with van der Waals surface area (Å²) in [6.07, 6.45) is 4.71. The number of hydrogen-bond donors (Lipinski definition) is 2.